The first kappa shape index (κ1) is 16.8. The lowest BCUT2D eigenvalue weighted by Gasteiger charge is -2.61. The summed E-state index contributed by atoms with van der Waals surface area (Å²) in [6.45, 7) is 8.72. The quantitative estimate of drug-likeness (QED) is 0.714. The van der Waals surface area contributed by atoms with E-state index in [9.17, 15) is 15.0 Å². The Morgan fingerprint density at radius 1 is 1.21 bits per heavy atom. The molecule has 0 spiro atoms. The summed E-state index contributed by atoms with van der Waals surface area (Å²) < 4.78 is 0. The molecule has 4 aliphatic carbocycles. The van der Waals surface area contributed by atoms with Gasteiger partial charge in [0.15, 0.2) is 5.78 Å². The standard InChI is InChI=1S/C21H32O3/c1-12-9-14-15-6-8-21(4,24)20(15,3)11-17(23)18(14)19(2)7-5-13(22)10-16(12)19/h10,12,14-15,17-18,23-24H,5-9,11H2,1-4H3/t12-,14?,15-,17?,18+,19-,20-,21-/m0/s1. The highest BCUT2D eigenvalue weighted by Crippen LogP contribution is 2.68. The minimum Gasteiger partial charge on any atom is -0.393 e. The number of hydrogen-bond donors (Lipinski definition) is 2. The second-order valence-corrected chi connectivity index (χ2v) is 9.92. The van der Waals surface area contributed by atoms with Gasteiger partial charge in [-0.05, 0) is 74.2 Å². The molecule has 3 saturated carbocycles. The van der Waals surface area contributed by atoms with E-state index in [-0.39, 0.29) is 28.6 Å². The van der Waals surface area contributed by atoms with E-state index in [0.717, 1.165) is 25.7 Å². The van der Waals surface area contributed by atoms with Crippen molar-refractivity contribution in [3.8, 4) is 0 Å². The van der Waals surface area contributed by atoms with Crippen molar-refractivity contribution in [1.82, 2.24) is 0 Å². The van der Waals surface area contributed by atoms with Gasteiger partial charge in [0.2, 0.25) is 0 Å². The third-order valence-electron chi connectivity index (χ3n) is 8.78. The smallest absolute Gasteiger partial charge is 0.155 e. The van der Waals surface area contributed by atoms with Crippen molar-refractivity contribution in [2.45, 2.75) is 77.9 Å². The first-order chi connectivity index (χ1) is 11.1. The largest absolute Gasteiger partial charge is 0.393 e. The monoisotopic (exact) mass is 332 g/mol. The molecule has 134 valence electrons. The van der Waals surface area contributed by atoms with Crippen LogP contribution in [0.15, 0.2) is 11.6 Å². The molecule has 0 radical (unpaired) electrons. The Kier molecular flexibility index (Phi) is 3.46. The summed E-state index contributed by atoms with van der Waals surface area (Å²) in [5.41, 5.74) is 0.375. The van der Waals surface area contributed by atoms with Gasteiger partial charge in [0.05, 0.1) is 11.7 Å². The van der Waals surface area contributed by atoms with Crippen LogP contribution in [0.4, 0.5) is 0 Å². The Morgan fingerprint density at radius 3 is 2.62 bits per heavy atom. The fraction of sp³-hybridized carbons (Fsp3) is 0.857. The van der Waals surface area contributed by atoms with Gasteiger partial charge in [0.25, 0.3) is 0 Å². The van der Waals surface area contributed by atoms with Gasteiger partial charge in [-0.25, -0.2) is 0 Å². The molecular weight excluding hydrogens is 300 g/mol. The predicted octanol–water partition coefficient (Wildman–Crippen LogP) is 3.49. The van der Waals surface area contributed by atoms with Crippen molar-refractivity contribution in [2.24, 2.45) is 34.5 Å². The molecule has 0 bridgehead atoms. The molecule has 3 heteroatoms. The van der Waals surface area contributed by atoms with Crippen LogP contribution in [0.2, 0.25) is 0 Å². The summed E-state index contributed by atoms with van der Waals surface area (Å²) in [6.07, 6.45) is 6.66. The molecule has 0 aromatic carbocycles. The number of aliphatic hydroxyl groups excluding tert-OH is 1. The Bertz CT molecular complexity index is 606. The van der Waals surface area contributed by atoms with E-state index < -0.39 is 5.60 Å². The van der Waals surface area contributed by atoms with Crippen LogP contribution in [0.25, 0.3) is 0 Å². The van der Waals surface area contributed by atoms with Crippen LogP contribution in [0.3, 0.4) is 0 Å². The summed E-state index contributed by atoms with van der Waals surface area (Å²) in [5, 5.41) is 22.2. The Hall–Kier alpha value is -0.670. The summed E-state index contributed by atoms with van der Waals surface area (Å²) in [5.74, 6) is 1.84. The number of rotatable bonds is 0. The van der Waals surface area contributed by atoms with Gasteiger partial charge in [0, 0.05) is 11.8 Å². The highest BCUT2D eigenvalue weighted by molar-refractivity contribution is 5.91. The predicted molar refractivity (Wildman–Crippen MR) is 93.3 cm³/mol. The molecule has 2 unspecified atom stereocenters. The van der Waals surface area contributed by atoms with Crippen molar-refractivity contribution < 1.29 is 15.0 Å². The van der Waals surface area contributed by atoms with Gasteiger partial charge in [-0.3, -0.25) is 4.79 Å². The average molecular weight is 332 g/mol. The summed E-state index contributed by atoms with van der Waals surface area (Å²) in [6, 6.07) is 0. The lowest BCUT2D eigenvalue weighted by Crippen LogP contribution is -2.60. The number of carbonyl (C=O) groups is 1. The second-order valence-electron chi connectivity index (χ2n) is 9.92. The molecule has 3 nitrogen and oxygen atoms in total. The van der Waals surface area contributed by atoms with Crippen LogP contribution >= 0.6 is 0 Å². The molecule has 4 rings (SSSR count). The molecule has 0 aromatic heterocycles. The number of allylic oxidation sites excluding steroid dienone is 1. The van der Waals surface area contributed by atoms with E-state index in [1.807, 2.05) is 13.0 Å². The zero-order chi connectivity index (χ0) is 17.5. The average Bonchev–Trinajstić information content (AvgIpc) is 2.71. The van der Waals surface area contributed by atoms with Crippen molar-refractivity contribution in [3.05, 3.63) is 11.6 Å². The molecule has 0 amide bonds. The maximum atomic E-state index is 12.0. The SMILES string of the molecule is C[C@H]1CC2[C@H](C(O)C[C@@]3(C)[C@H]2CC[C@]3(C)O)[C@@]2(C)CCC(=O)C=C12. The van der Waals surface area contributed by atoms with E-state index in [1.165, 1.54) is 5.57 Å². The van der Waals surface area contributed by atoms with E-state index in [1.54, 1.807) is 0 Å². The molecule has 3 fully saturated rings. The fourth-order valence-electron chi connectivity index (χ4n) is 7.34. The summed E-state index contributed by atoms with van der Waals surface area (Å²) in [7, 11) is 0. The Labute approximate surface area is 145 Å². The number of aliphatic hydroxyl groups is 2. The minimum absolute atomic E-state index is 0.0502. The van der Waals surface area contributed by atoms with Gasteiger partial charge in [-0.15, -0.1) is 0 Å². The highest BCUT2D eigenvalue weighted by atomic mass is 16.3. The van der Waals surface area contributed by atoms with Gasteiger partial charge in [-0.1, -0.05) is 26.3 Å². The molecule has 2 N–H and O–H groups in total. The zero-order valence-electron chi connectivity index (χ0n) is 15.5. The van der Waals surface area contributed by atoms with Gasteiger partial charge in [0.1, 0.15) is 0 Å². The molecule has 0 heterocycles. The van der Waals surface area contributed by atoms with Crippen LogP contribution in [-0.2, 0) is 4.79 Å². The van der Waals surface area contributed by atoms with Crippen LogP contribution in [0, 0.1) is 34.5 Å². The molecule has 24 heavy (non-hydrogen) atoms. The minimum atomic E-state index is -0.674. The summed E-state index contributed by atoms with van der Waals surface area (Å²) in [4.78, 5) is 12.0. The third kappa shape index (κ3) is 1.94. The molecule has 4 aliphatic rings. The third-order valence-corrected chi connectivity index (χ3v) is 8.78. The first-order valence-electron chi connectivity index (χ1n) is 9.75. The van der Waals surface area contributed by atoms with Crippen molar-refractivity contribution in [3.63, 3.8) is 0 Å². The van der Waals surface area contributed by atoms with Crippen LogP contribution in [0.1, 0.15) is 66.2 Å². The van der Waals surface area contributed by atoms with E-state index >= 15 is 0 Å². The first-order valence-corrected chi connectivity index (χ1v) is 9.75. The van der Waals surface area contributed by atoms with Crippen LogP contribution in [-0.4, -0.2) is 27.7 Å². The molecule has 0 saturated heterocycles. The second kappa shape index (κ2) is 4.94. The van der Waals surface area contributed by atoms with Crippen molar-refractivity contribution in [2.75, 3.05) is 0 Å². The topological polar surface area (TPSA) is 57.5 Å². The number of ketones is 1. The van der Waals surface area contributed by atoms with Gasteiger partial charge in [-0.2, -0.15) is 0 Å². The highest BCUT2D eigenvalue weighted by Gasteiger charge is 2.65. The van der Waals surface area contributed by atoms with Gasteiger partial charge < -0.3 is 10.2 Å². The fourth-order valence-corrected chi connectivity index (χ4v) is 7.34. The maximum Gasteiger partial charge on any atom is 0.155 e. The van der Waals surface area contributed by atoms with Crippen LogP contribution < -0.4 is 0 Å². The van der Waals surface area contributed by atoms with Crippen molar-refractivity contribution >= 4 is 5.78 Å². The molecule has 0 aromatic rings. The van der Waals surface area contributed by atoms with Crippen molar-refractivity contribution in [1.29, 1.82) is 0 Å². The van der Waals surface area contributed by atoms with E-state index in [2.05, 4.69) is 20.8 Å². The molecule has 0 aliphatic heterocycles. The van der Waals surface area contributed by atoms with Crippen LogP contribution in [0.5, 0.6) is 0 Å². The number of hydrogen-bond acceptors (Lipinski definition) is 3. The van der Waals surface area contributed by atoms with Gasteiger partial charge >= 0.3 is 0 Å². The maximum absolute atomic E-state index is 12.0. The number of carbonyl (C=O) groups excluding carboxylic acids is 1. The molecule has 8 atom stereocenters. The lowest BCUT2D eigenvalue weighted by molar-refractivity contribution is -0.170. The Morgan fingerprint density at radius 2 is 1.92 bits per heavy atom. The Balaban J connectivity index is 1.79. The normalized spacial score (nSPS) is 57.0. The van der Waals surface area contributed by atoms with E-state index in [0.29, 0.717) is 30.6 Å². The zero-order valence-corrected chi connectivity index (χ0v) is 15.5. The molecular formula is C21H32O3. The summed E-state index contributed by atoms with van der Waals surface area (Å²) >= 11 is 0. The lowest BCUT2D eigenvalue weighted by atomic mass is 9.44. The number of fused-ring (bicyclic) bond motifs is 5. The van der Waals surface area contributed by atoms with E-state index in [4.69, 9.17) is 0 Å².